The van der Waals surface area contributed by atoms with Gasteiger partial charge in [0.05, 0.1) is 31.9 Å². The van der Waals surface area contributed by atoms with E-state index in [1.165, 1.54) is 37.8 Å². The molecule has 1 aliphatic heterocycles. The Labute approximate surface area is 194 Å². The average Bonchev–Trinajstić information content (AvgIpc) is 2.86. The van der Waals surface area contributed by atoms with E-state index in [1.807, 2.05) is 0 Å². The van der Waals surface area contributed by atoms with E-state index in [0.29, 0.717) is 41.6 Å². The molecular weight excluding hydrogens is 446 g/mol. The topological polar surface area (TPSA) is 107 Å². The smallest absolute Gasteiger partial charge is 0.271 e. The molecule has 0 atom stereocenters. The number of rotatable bonds is 8. The number of nitrogens with zero attached hydrogens (tertiary/aromatic N) is 2. The number of benzene rings is 2. The molecule has 0 saturated carbocycles. The van der Waals surface area contributed by atoms with Gasteiger partial charge in [-0.25, -0.2) is 13.8 Å². The summed E-state index contributed by atoms with van der Waals surface area (Å²) in [6, 6.07) is 9.43. The number of carbonyl (C=O) groups is 1. The first kappa shape index (κ1) is 24.5. The Balaban J connectivity index is 1.80. The van der Waals surface area contributed by atoms with Crippen molar-refractivity contribution < 1.29 is 27.4 Å². The van der Waals surface area contributed by atoms with Gasteiger partial charge in [0.1, 0.15) is 0 Å². The zero-order chi connectivity index (χ0) is 24.0. The van der Waals surface area contributed by atoms with Crippen LogP contribution in [-0.2, 0) is 10.0 Å². The summed E-state index contributed by atoms with van der Waals surface area (Å²) < 4.78 is 43.3. The number of methoxy groups -OCH3 is 3. The van der Waals surface area contributed by atoms with Crippen molar-refractivity contribution in [1.29, 1.82) is 0 Å². The minimum Gasteiger partial charge on any atom is -0.493 e. The SMILES string of the molecule is COc1cc(C(C)=NNC(=O)c2cccc(S(=O)(=O)N3CCCCC3)c2)cc(OC)c1OC. The third-order valence-corrected chi connectivity index (χ3v) is 7.35. The van der Waals surface area contributed by atoms with E-state index in [1.54, 1.807) is 31.2 Å². The van der Waals surface area contributed by atoms with Gasteiger partial charge in [-0.05, 0) is 50.1 Å². The highest BCUT2D eigenvalue weighted by Gasteiger charge is 2.26. The fourth-order valence-corrected chi connectivity index (χ4v) is 5.17. The minimum absolute atomic E-state index is 0.0994. The summed E-state index contributed by atoms with van der Waals surface area (Å²) >= 11 is 0. The number of hydrogen-bond donors (Lipinski definition) is 1. The van der Waals surface area contributed by atoms with E-state index in [-0.39, 0.29) is 10.5 Å². The standard InChI is InChI=1S/C23H29N3O6S/c1-16(18-14-20(30-2)22(32-4)21(15-18)31-3)24-25-23(27)17-9-8-10-19(13-17)33(28,29)26-11-6-5-7-12-26/h8-10,13-15H,5-7,11-12H2,1-4H3,(H,25,27). The molecule has 9 nitrogen and oxygen atoms in total. The Bertz CT molecular complexity index is 1120. The van der Waals surface area contributed by atoms with Crippen molar-refractivity contribution in [2.24, 2.45) is 5.10 Å². The first-order chi connectivity index (χ1) is 15.8. The number of carbonyl (C=O) groups excluding carboxylic acids is 1. The molecule has 0 aliphatic carbocycles. The van der Waals surface area contributed by atoms with Crippen LogP contribution in [-0.4, -0.2) is 58.8 Å². The molecule has 0 radical (unpaired) electrons. The second-order valence-corrected chi connectivity index (χ2v) is 9.48. The Kier molecular flexibility index (Phi) is 7.93. The lowest BCUT2D eigenvalue weighted by atomic mass is 10.1. The van der Waals surface area contributed by atoms with E-state index < -0.39 is 15.9 Å². The van der Waals surface area contributed by atoms with Crippen LogP contribution in [0.25, 0.3) is 0 Å². The molecule has 0 spiro atoms. The number of piperidine rings is 1. The molecule has 1 fully saturated rings. The van der Waals surface area contributed by atoms with E-state index >= 15 is 0 Å². The fraction of sp³-hybridized carbons (Fsp3) is 0.391. The number of ether oxygens (including phenoxy) is 3. The van der Waals surface area contributed by atoms with Gasteiger partial charge in [-0.15, -0.1) is 0 Å². The van der Waals surface area contributed by atoms with Crippen LogP contribution in [0, 0.1) is 0 Å². The largest absolute Gasteiger partial charge is 0.493 e. The molecule has 0 aromatic heterocycles. The normalized spacial score (nSPS) is 15.1. The predicted molar refractivity (Wildman–Crippen MR) is 125 cm³/mol. The van der Waals surface area contributed by atoms with Crippen LogP contribution in [0.5, 0.6) is 17.2 Å². The van der Waals surface area contributed by atoms with Gasteiger partial charge in [0.25, 0.3) is 5.91 Å². The summed E-state index contributed by atoms with van der Waals surface area (Å²) in [7, 11) is 0.906. The fourth-order valence-electron chi connectivity index (χ4n) is 3.61. The highest BCUT2D eigenvalue weighted by atomic mass is 32.2. The predicted octanol–water partition coefficient (Wildman–Crippen LogP) is 3.04. The van der Waals surface area contributed by atoms with Gasteiger partial charge in [-0.2, -0.15) is 9.41 Å². The molecule has 1 aliphatic rings. The van der Waals surface area contributed by atoms with Crippen LogP contribution in [0.15, 0.2) is 46.4 Å². The maximum absolute atomic E-state index is 12.9. The number of nitrogens with one attached hydrogen (secondary N) is 1. The van der Waals surface area contributed by atoms with Gasteiger partial charge in [-0.3, -0.25) is 4.79 Å². The Morgan fingerprint density at radius 1 is 0.939 bits per heavy atom. The summed E-state index contributed by atoms with van der Waals surface area (Å²) in [5, 5.41) is 4.16. The van der Waals surface area contributed by atoms with Crippen molar-refractivity contribution in [2.45, 2.75) is 31.1 Å². The van der Waals surface area contributed by atoms with Crippen LogP contribution in [0.1, 0.15) is 42.1 Å². The molecule has 33 heavy (non-hydrogen) atoms. The minimum atomic E-state index is -3.64. The molecule has 0 unspecified atom stereocenters. The van der Waals surface area contributed by atoms with Crippen molar-refractivity contribution in [3.05, 3.63) is 47.5 Å². The summed E-state index contributed by atoms with van der Waals surface area (Å²) in [4.78, 5) is 12.8. The van der Waals surface area contributed by atoms with Gasteiger partial charge >= 0.3 is 0 Å². The molecule has 1 amide bonds. The van der Waals surface area contributed by atoms with Gasteiger partial charge in [0, 0.05) is 24.2 Å². The number of hydrazone groups is 1. The third-order valence-electron chi connectivity index (χ3n) is 5.46. The van der Waals surface area contributed by atoms with Crippen molar-refractivity contribution in [1.82, 2.24) is 9.73 Å². The first-order valence-corrected chi connectivity index (χ1v) is 12.0. The number of hydrogen-bond acceptors (Lipinski definition) is 7. The van der Waals surface area contributed by atoms with Gasteiger partial charge in [-0.1, -0.05) is 12.5 Å². The van der Waals surface area contributed by atoms with Crippen LogP contribution in [0.2, 0.25) is 0 Å². The lowest BCUT2D eigenvalue weighted by Crippen LogP contribution is -2.35. The summed E-state index contributed by atoms with van der Waals surface area (Å²) in [5.74, 6) is 0.858. The molecule has 10 heteroatoms. The molecule has 2 aromatic rings. The molecule has 178 valence electrons. The van der Waals surface area contributed by atoms with Gasteiger partial charge in [0.2, 0.25) is 15.8 Å². The van der Waals surface area contributed by atoms with Crippen molar-refractivity contribution in [3.8, 4) is 17.2 Å². The second kappa shape index (κ2) is 10.7. The zero-order valence-electron chi connectivity index (χ0n) is 19.3. The van der Waals surface area contributed by atoms with Gasteiger partial charge in [0.15, 0.2) is 11.5 Å². The zero-order valence-corrected chi connectivity index (χ0v) is 20.1. The molecular formula is C23H29N3O6S. The van der Waals surface area contributed by atoms with Crippen LogP contribution >= 0.6 is 0 Å². The van der Waals surface area contributed by atoms with Crippen molar-refractivity contribution in [3.63, 3.8) is 0 Å². The van der Waals surface area contributed by atoms with Crippen LogP contribution < -0.4 is 19.6 Å². The number of amides is 1. The highest BCUT2D eigenvalue weighted by molar-refractivity contribution is 7.89. The summed E-state index contributed by atoms with van der Waals surface area (Å²) in [5.41, 5.74) is 3.85. The molecule has 1 N–H and O–H groups in total. The Morgan fingerprint density at radius 2 is 1.58 bits per heavy atom. The van der Waals surface area contributed by atoms with E-state index in [0.717, 1.165) is 19.3 Å². The van der Waals surface area contributed by atoms with E-state index in [9.17, 15) is 13.2 Å². The molecule has 2 aromatic carbocycles. The Hall–Kier alpha value is -3.11. The lowest BCUT2D eigenvalue weighted by Gasteiger charge is -2.25. The van der Waals surface area contributed by atoms with E-state index in [2.05, 4.69) is 10.5 Å². The molecule has 0 bridgehead atoms. The first-order valence-electron chi connectivity index (χ1n) is 10.6. The maximum atomic E-state index is 12.9. The maximum Gasteiger partial charge on any atom is 0.271 e. The molecule has 1 saturated heterocycles. The average molecular weight is 476 g/mol. The summed E-state index contributed by atoms with van der Waals surface area (Å²) in [6.07, 6.45) is 2.71. The van der Waals surface area contributed by atoms with Crippen molar-refractivity contribution in [2.75, 3.05) is 34.4 Å². The van der Waals surface area contributed by atoms with E-state index in [4.69, 9.17) is 14.2 Å². The lowest BCUT2D eigenvalue weighted by molar-refractivity contribution is 0.0954. The quantitative estimate of drug-likeness (QED) is 0.465. The molecule has 1 heterocycles. The number of sulfonamides is 1. The van der Waals surface area contributed by atoms with Crippen molar-refractivity contribution >= 4 is 21.6 Å². The van der Waals surface area contributed by atoms with Crippen LogP contribution in [0.3, 0.4) is 0 Å². The monoisotopic (exact) mass is 475 g/mol. The Morgan fingerprint density at radius 3 is 2.15 bits per heavy atom. The van der Waals surface area contributed by atoms with Crippen LogP contribution in [0.4, 0.5) is 0 Å². The molecule has 3 rings (SSSR count). The third kappa shape index (κ3) is 5.45. The highest BCUT2D eigenvalue weighted by Crippen LogP contribution is 2.38. The summed E-state index contributed by atoms with van der Waals surface area (Å²) in [6.45, 7) is 2.71. The van der Waals surface area contributed by atoms with Gasteiger partial charge < -0.3 is 14.2 Å². The second-order valence-electron chi connectivity index (χ2n) is 7.54.